The normalized spacial score (nSPS) is 13.7. The Hall–Kier alpha value is -2.53. The van der Waals surface area contributed by atoms with Crippen molar-refractivity contribution in [2.45, 2.75) is 25.3 Å². The van der Waals surface area contributed by atoms with Crippen LogP contribution < -0.4 is 10.1 Å². The average Bonchev–Trinajstić information content (AvgIpc) is 3.35. The second-order valence-corrected chi connectivity index (χ2v) is 6.17. The van der Waals surface area contributed by atoms with Gasteiger partial charge >= 0.3 is 0 Å². The lowest BCUT2D eigenvalue weighted by Gasteiger charge is -2.12. The van der Waals surface area contributed by atoms with Crippen molar-refractivity contribution in [2.24, 2.45) is 0 Å². The number of hydrogen-bond donors (Lipinski definition) is 1. The fourth-order valence-corrected chi connectivity index (χ4v) is 2.53. The van der Waals surface area contributed by atoms with E-state index in [2.05, 4.69) is 15.5 Å². The van der Waals surface area contributed by atoms with Crippen molar-refractivity contribution in [3.8, 4) is 11.5 Å². The summed E-state index contributed by atoms with van der Waals surface area (Å²) >= 11 is 6.11. The molecule has 6 heteroatoms. The van der Waals surface area contributed by atoms with Crippen LogP contribution in [-0.4, -0.2) is 10.1 Å². The largest absolute Gasteiger partial charge is 0.455 e. The molecule has 1 N–H and O–H groups in total. The Morgan fingerprint density at radius 2 is 2.00 bits per heavy atom. The number of ether oxygens (including phenoxy) is 1. The lowest BCUT2D eigenvalue weighted by atomic mass is 10.2. The molecule has 0 atom stereocenters. The average molecular weight is 342 g/mol. The van der Waals surface area contributed by atoms with Crippen LogP contribution in [0.2, 0.25) is 5.02 Å². The van der Waals surface area contributed by atoms with Gasteiger partial charge in [-0.2, -0.15) is 4.98 Å². The Bertz CT molecular complexity index is 831. The molecular formula is C18H16ClN3O2. The van der Waals surface area contributed by atoms with E-state index in [1.165, 1.54) is 0 Å². The quantitative estimate of drug-likeness (QED) is 0.683. The zero-order valence-electron chi connectivity index (χ0n) is 12.9. The van der Waals surface area contributed by atoms with E-state index >= 15 is 0 Å². The molecule has 0 radical (unpaired) electrons. The van der Waals surface area contributed by atoms with E-state index in [9.17, 15) is 0 Å². The lowest BCUT2D eigenvalue weighted by Crippen LogP contribution is -2.01. The minimum Gasteiger partial charge on any atom is -0.455 e. The summed E-state index contributed by atoms with van der Waals surface area (Å²) in [6, 6.07) is 15.0. The number of nitrogens with one attached hydrogen (secondary N) is 1. The molecule has 1 aliphatic rings. The number of benzene rings is 2. The molecule has 0 saturated heterocycles. The number of aromatic nitrogens is 2. The fourth-order valence-electron chi connectivity index (χ4n) is 2.36. The first-order valence-corrected chi connectivity index (χ1v) is 8.24. The monoisotopic (exact) mass is 341 g/mol. The van der Waals surface area contributed by atoms with Crippen LogP contribution in [0.25, 0.3) is 0 Å². The Morgan fingerprint density at radius 1 is 1.17 bits per heavy atom. The van der Waals surface area contributed by atoms with Crippen LogP contribution in [0.3, 0.4) is 0 Å². The Labute approximate surface area is 144 Å². The fraction of sp³-hybridized carbons (Fsp3) is 0.222. The van der Waals surface area contributed by atoms with Gasteiger partial charge in [-0.05, 0) is 43.2 Å². The second kappa shape index (κ2) is 6.53. The van der Waals surface area contributed by atoms with E-state index in [1.54, 1.807) is 6.07 Å². The molecular weight excluding hydrogens is 326 g/mol. The molecule has 0 amide bonds. The van der Waals surface area contributed by atoms with Gasteiger partial charge < -0.3 is 14.6 Å². The molecule has 2 aromatic carbocycles. The topological polar surface area (TPSA) is 60.2 Å². The molecule has 0 bridgehead atoms. The van der Waals surface area contributed by atoms with Gasteiger partial charge in [0, 0.05) is 10.9 Å². The first kappa shape index (κ1) is 15.0. The minimum atomic E-state index is 0.422. The van der Waals surface area contributed by atoms with Crippen LogP contribution in [0.1, 0.15) is 30.5 Å². The summed E-state index contributed by atoms with van der Waals surface area (Å²) in [5, 5.41) is 7.90. The summed E-state index contributed by atoms with van der Waals surface area (Å²) < 4.78 is 11.2. The summed E-state index contributed by atoms with van der Waals surface area (Å²) in [4.78, 5) is 4.41. The number of hydrogen-bond acceptors (Lipinski definition) is 5. The van der Waals surface area contributed by atoms with Gasteiger partial charge in [-0.15, -0.1) is 0 Å². The summed E-state index contributed by atoms with van der Waals surface area (Å²) in [5.74, 6) is 3.29. The third-order valence-electron chi connectivity index (χ3n) is 3.77. The van der Waals surface area contributed by atoms with E-state index in [0.29, 0.717) is 29.1 Å². The number of rotatable bonds is 6. The van der Waals surface area contributed by atoms with Gasteiger partial charge in [-0.1, -0.05) is 35.0 Å². The van der Waals surface area contributed by atoms with Gasteiger partial charge in [-0.3, -0.25) is 0 Å². The van der Waals surface area contributed by atoms with Crippen molar-refractivity contribution >= 4 is 17.3 Å². The molecule has 0 spiro atoms. The summed E-state index contributed by atoms with van der Waals surface area (Å²) in [5.41, 5.74) is 0.775. The maximum Gasteiger partial charge on any atom is 0.245 e. The molecule has 0 unspecified atom stereocenters. The molecule has 3 aromatic rings. The molecule has 1 aliphatic carbocycles. The second-order valence-electron chi connectivity index (χ2n) is 5.73. The van der Waals surface area contributed by atoms with Crippen LogP contribution in [0, 0.1) is 0 Å². The number of anilines is 1. The minimum absolute atomic E-state index is 0.422. The molecule has 122 valence electrons. The highest BCUT2D eigenvalue weighted by molar-refractivity contribution is 6.30. The van der Waals surface area contributed by atoms with Crippen LogP contribution in [0.5, 0.6) is 11.5 Å². The van der Waals surface area contributed by atoms with E-state index in [0.717, 1.165) is 30.1 Å². The first-order valence-electron chi connectivity index (χ1n) is 7.87. The van der Waals surface area contributed by atoms with Crippen LogP contribution >= 0.6 is 11.6 Å². The van der Waals surface area contributed by atoms with Crippen molar-refractivity contribution in [1.82, 2.24) is 10.1 Å². The maximum atomic E-state index is 6.11. The smallest absolute Gasteiger partial charge is 0.245 e. The van der Waals surface area contributed by atoms with Gasteiger partial charge in [-0.25, -0.2) is 0 Å². The van der Waals surface area contributed by atoms with Crippen molar-refractivity contribution in [1.29, 1.82) is 0 Å². The van der Waals surface area contributed by atoms with Crippen molar-refractivity contribution in [2.75, 3.05) is 5.32 Å². The highest BCUT2D eigenvalue weighted by Gasteiger charge is 2.28. The van der Waals surface area contributed by atoms with Gasteiger partial charge in [0.15, 0.2) is 11.6 Å². The lowest BCUT2D eigenvalue weighted by molar-refractivity contribution is 0.377. The molecule has 1 fully saturated rings. The summed E-state index contributed by atoms with van der Waals surface area (Å²) in [6.45, 7) is 0.422. The zero-order chi connectivity index (χ0) is 16.4. The van der Waals surface area contributed by atoms with Crippen LogP contribution in [-0.2, 0) is 6.54 Å². The van der Waals surface area contributed by atoms with Crippen LogP contribution in [0.15, 0.2) is 53.1 Å². The summed E-state index contributed by atoms with van der Waals surface area (Å²) in [7, 11) is 0. The molecule has 5 nitrogen and oxygen atoms in total. The van der Waals surface area contributed by atoms with E-state index < -0.39 is 0 Å². The van der Waals surface area contributed by atoms with Gasteiger partial charge in [0.1, 0.15) is 5.75 Å². The maximum absolute atomic E-state index is 6.11. The first-order chi connectivity index (χ1) is 11.8. The van der Waals surface area contributed by atoms with Gasteiger partial charge in [0.25, 0.3) is 0 Å². The third-order valence-corrected chi connectivity index (χ3v) is 4.00. The van der Waals surface area contributed by atoms with E-state index in [4.69, 9.17) is 20.9 Å². The van der Waals surface area contributed by atoms with E-state index in [1.807, 2.05) is 42.5 Å². The molecule has 1 aromatic heterocycles. The van der Waals surface area contributed by atoms with Gasteiger partial charge in [0.2, 0.25) is 5.89 Å². The zero-order valence-corrected chi connectivity index (χ0v) is 13.7. The predicted octanol–water partition coefficient (Wildman–Crippen LogP) is 5.00. The Kier molecular flexibility index (Phi) is 4.09. The molecule has 1 heterocycles. The van der Waals surface area contributed by atoms with Gasteiger partial charge in [0.05, 0.1) is 12.2 Å². The molecule has 0 aliphatic heterocycles. The number of para-hydroxylation sites is 1. The highest BCUT2D eigenvalue weighted by atomic mass is 35.5. The molecule has 4 rings (SSSR count). The molecule has 24 heavy (non-hydrogen) atoms. The number of nitrogens with zero attached hydrogens (tertiary/aromatic N) is 2. The summed E-state index contributed by atoms with van der Waals surface area (Å²) in [6.07, 6.45) is 2.30. The third kappa shape index (κ3) is 3.51. The predicted molar refractivity (Wildman–Crippen MR) is 91.6 cm³/mol. The standard InChI is InChI=1S/C18H16ClN3O2/c19-13-8-9-16(23-14-4-2-1-3-5-14)15(10-13)20-11-17-21-18(22-24-17)12-6-7-12/h1-5,8-10,12,20H,6-7,11H2. The van der Waals surface area contributed by atoms with Crippen LogP contribution in [0.4, 0.5) is 5.69 Å². The van der Waals surface area contributed by atoms with Crippen molar-refractivity contribution in [3.63, 3.8) is 0 Å². The van der Waals surface area contributed by atoms with Crippen molar-refractivity contribution < 1.29 is 9.26 Å². The Morgan fingerprint density at radius 3 is 2.79 bits per heavy atom. The number of halogens is 1. The highest BCUT2D eigenvalue weighted by Crippen LogP contribution is 2.38. The SMILES string of the molecule is Clc1ccc(Oc2ccccc2)c(NCc2nc(C3CC3)no2)c1. The Balaban J connectivity index is 1.49. The van der Waals surface area contributed by atoms with E-state index in [-0.39, 0.29) is 0 Å². The molecule has 1 saturated carbocycles. The van der Waals surface area contributed by atoms with Crippen molar-refractivity contribution in [3.05, 3.63) is 65.3 Å².